The van der Waals surface area contributed by atoms with Crippen LogP contribution in [0.5, 0.6) is 0 Å². The number of nitrogens with one attached hydrogen (secondary N) is 1. The van der Waals surface area contributed by atoms with Crippen molar-refractivity contribution in [3.63, 3.8) is 0 Å². The second-order valence-electron chi connectivity index (χ2n) is 6.07. The molecule has 124 valence electrons. The van der Waals surface area contributed by atoms with Crippen molar-refractivity contribution in [3.8, 4) is 11.1 Å². The summed E-state index contributed by atoms with van der Waals surface area (Å²) in [5.41, 5.74) is 5.56. The number of aryl methyl sites for hydroxylation is 2. The first-order chi connectivity index (χ1) is 12.1. The number of anilines is 2. The standard InChI is InChI=1S/C20H17FN4/c1-13-3-9-17(10-4-13)24-19-11-14(2)23-20-18(12-22-25(19)20)15-5-7-16(21)8-6-15/h3-12,24H,1-2H3. The molecule has 0 saturated heterocycles. The molecule has 5 heteroatoms. The molecule has 0 radical (unpaired) electrons. The third-order valence-electron chi connectivity index (χ3n) is 4.08. The maximum Gasteiger partial charge on any atom is 0.165 e. The summed E-state index contributed by atoms with van der Waals surface area (Å²) < 4.78 is 15.0. The molecule has 4 aromatic rings. The molecule has 1 N–H and O–H groups in total. The molecule has 0 unspecified atom stereocenters. The van der Waals surface area contributed by atoms with E-state index >= 15 is 0 Å². The minimum Gasteiger partial charge on any atom is -0.340 e. The lowest BCUT2D eigenvalue weighted by atomic mass is 10.1. The van der Waals surface area contributed by atoms with Crippen LogP contribution >= 0.6 is 0 Å². The molecule has 4 nitrogen and oxygen atoms in total. The average Bonchev–Trinajstić information content (AvgIpc) is 3.01. The average molecular weight is 332 g/mol. The van der Waals surface area contributed by atoms with Gasteiger partial charge in [-0.3, -0.25) is 0 Å². The largest absolute Gasteiger partial charge is 0.340 e. The van der Waals surface area contributed by atoms with Crippen LogP contribution in [0.2, 0.25) is 0 Å². The minimum absolute atomic E-state index is 0.258. The van der Waals surface area contributed by atoms with Crippen molar-refractivity contribution < 1.29 is 4.39 Å². The molecule has 2 aromatic carbocycles. The van der Waals surface area contributed by atoms with E-state index in [0.717, 1.165) is 34.0 Å². The predicted molar refractivity (Wildman–Crippen MR) is 97.6 cm³/mol. The summed E-state index contributed by atoms with van der Waals surface area (Å²) >= 11 is 0. The fourth-order valence-electron chi connectivity index (χ4n) is 2.79. The summed E-state index contributed by atoms with van der Waals surface area (Å²) in [5, 5.41) is 7.86. The summed E-state index contributed by atoms with van der Waals surface area (Å²) in [6.45, 7) is 4.00. The van der Waals surface area contributed by atoms with Crippen LogP contribution in [0.25, 0.3) is 16.8 Å². The zero-order valence-electron chi connectivity index (χ0n) is 14.0. The fourth-order valence-corrected chi connectivity index (χ4v) is 2.79. The molecular weight excluding hydrogens is 315 g/mol. The number of halogens is 1. The smallest absolute Gasteiger partial charge is 0.165 e. The number of benzene rings is 2. The van der Waals surface area contributed by atoms with Gasteiger partial charge < -0.3 is 5.32 Å². The molecule has 0 aliphatic carbocycles. The molecule has 0 fully saturated rings. The second-order valence-corrected chi connectivity index (χ2v) is 6.07. The van der Waals surface area contributed by atoms with Crippen molar-refractivity contribution in [2.45, 2.75) is 13.8 Å². The Balaban J connectivity index is 1.81. The minimum atomic E-state index is -0.258. The molecule has 2 aromatic heterocycles. The first-order valence-corrected chi connectivity index (χ1v) is 8.05. The quantitative estimate of drug-likeness (QED) is 0.580. The number of rotatable bonds is 3. The van der Waals surface area contributed by atoms with Gasteiger partial charge >= 0.3 is 0 Å². The maximum atomic E-state index is 13.2. The Labute approximate surface area is 145 Å². The molecule has 25 heavy (non-hydrogen) atoms. The van der Waals surface area contributed by atoms with Crippen molar-refractivity contribution >= 4 is 17.2 Å². The highest BCUT2D eigenvalue weighted by molar-refractivity contribution is 5.78. The zero-order chi connectivity index (χ0) is 17.4. The van der Waals surface area contributed by atoms with E-state index in [-0.39, 0.29) is 5.82 Å². The number of hydrogen-bond acceptors (Lipinski definition) is 3. The highest BCUT2D eigenvalue weighted by Crippen LogP contribution is 2.27. The van der Waals surface area contributed by atoms with E-state index in [2.05, 4.69) is 34.5 Å². The Hall–Kier alpha value is -3.21. The highest BCUT2D eigenvalue weighted by atomic mass is 19.1. The summed E-state index contributed by atoms with van der Waals surface area (Å²) in [6, 6.07) is 16.5. The molecule has 0 bridgehead atoms. The number of hydrogen-bond donors (Lipinski definition) is 1. The topological polar surface area (TPSA) is 42.2 Å². The second kappa shape index (κ2) is 6.02. The molecule has 0 saturated carbocycles. The molecular formula is C20H17FN4. The van der Waals surface area contributed by atoms with E-state index in [1.807, 2.05) is 25.1 Å². The fraction of sp³-hybridized carbons (Fsp3) is 0.100. The molecule has 2 heterocycles. The van der Waals surface area contributed by atoms with Crippen LogP contribution in [-0.2, 0) is 0 Å². The van der Waals surface area contributed by atoms with Gasteiger partial charge in [0.15, 0.2) is 5.65 Å². The summed E-state index contributed by atoms with van der Waals surface area (Å²) in [7, 11) is 0. The van der Waals surface area contributed by atoms with Gasteiger partial charge in [-0.25, -0.2) is 9.37 Å². The van der Waals surface area contributed by atoms with Crippen molar-refractivity contribution in [1.29, 1.82) is 0 Å². The lowest BCUT2D eigenvalue weighted by Crippen LogP contribution is -2.02. The first kappa shape index (κ1) is 15.3. The van der Waals surface area contributed by atoms with Crippen LogP contribution in [0.4, 0.5) is 15.9 Å². The molecule has 0 amide bonds. The summed E-state index contributed by atoms with van der Waals surface area (Å²) in [4.78, 5) is 4.62. The van der Waals surface area contributed by atoms with E-state index in [1.165, 1.54) is 17.7 Å². The number of aromatic nitrogens is 3. The zero-order valence-corrected chi connectivity index (χ0v) is 14.0. The van der Waals surface area contributed by atoms with E-state index in [0.29, 0.717) is 0 Å². The van der Waals surface area contributed by atoms with Crippen LogP contribution in [-0.4, -0.2) is 14.6 Å². The van der Waals surface area contributed by atoms with Gasteiger partial charge in [-0.05, 0) is 43.7 Å². The van der Waals surface area contributed by atoms with Crippen molar-refractivity contribution in [1.82, 2.24) is 14.6 Å². The molecule has 4 rings (SSSR count). The van der Waals surface area contributed by atoms with Crippen LogP contribution in [0.1, 0.15) is 11.3 Å². The number of fused-ring (bicyclic) bond motifs is 1. The molecule has 0 atom stereocenters. The number of nitrogens with zero attached hydrogens (tertiary/aromatic N) is 3. The van der Waals surface area contributed by atoms with Crippen molar-refractivity contribution in [2.75, 3.05) is 5.32 Å². The van der Waals surface area contributed by atoms with Gasteiger partial charge in [0.05, 0.1) is 6.20 Å². The van der Waals surface area contributed by atoms with Crippen LogP contribution in [0.3, 0.4) is 0 Å². The van der Waals surface area contributed by atoms with Crippen molar-refractivity contribution in [3.05, 3.63) is 77.9 Å². The Morgan fingerprint density at radius 1 is 0.960 bits per heavy atom. The third kappa shape index (κ3) is 2.96. The Bertz CT molecular complexity index is 1030. The Morgan fingerprint density at radius 3 is 2.40 bits per heavy atom. The van der Waals surface area contributed by atoms with Crippen LogP contribution in [0.15, 0.2) is 60.8 Å². The van der Waals surface area contributed by atoms with Crippen LogP contribution < -0.4 is 5.32 Å². The van der Waals surface area contributed by atoms with Crippen molar-refractivity contribution in [2.24, 2.45) is 0 Å². The molecule has 0 aliphatic rings. The molecule has 0 spiro atoms. The Kier molecular flexibility index (Phi) is 3.69. The highest BCUT2D eigenvalue weighted by Gasteiger charge is 2.12. The SMILES string of the molecule is Cc1ccc(Nc2cc(C)nc3c(-c4ccc(F)cc4)cnn23)cc1. The van der Waals surface area contributed by atoms with E-state index < -0.39 is 0 Å². The Morgan fingerprint density at radius 2 is 1.68 bits per heavy atom. The van der Waals surface area contributed by atoms with Gasteiger partial charge in [-0.15, -0.1) is 0 Å². The molecule has 0 aliphatic heterocycles. The predicted octanol–water partition coefficient (Wildman–Crippen LogP) is 4.90. The van der Waals surface area contributed by atoms with E-state index in [9.17, 15) is 4.39 Å². The normalized spacial score (nSPS) is 11.0. The van der Waals surface area contributed by atoms with E-state index in [4.69, 9.17) is 0 Å². The maximum absolute atomic E-state index is 13.2. The first-order valence-electron chi connectivity index (χ1n) is 8.05. The summed E-state index contributed by atoms with van der Waals surface area (Å²) in [6.07, 6.45) is 1.76. The van der Waals surface area contributed by atoms with Gasteiger partial charge in [0.25, 0.3) is 0 Å². The lowest BCUT2D eigenvalue weighted by molar-refractivity contribution is 0.628. The van der Waals surface area contributed by atoms with Gasteiger partial charge in [-0.1, -0.05) is 29.8 Å². The van der Waals surface area contributed by atoms with Crippen LogP contribution in [0, 0.1) is 19.7 Å². The van der Waals surface area contributed by atoms with Gasteiger partial charge in [0.1, 0.15) is 11.6 Å². The van der Waals surface area contributed by atoms with Gasteiger partial charge in [0.2, 0.25) is 0 Å². The lowest BCUT2D eigenvalue weighted by Gasteiger charge is -2.10. The monoisotopic (exact) mass is 332 g/mol. The van der Waals surface area contributed by atoms with Gasteiger partial charge in [0, 0.05) is 23.0 Å². The summed E-state index contributed by atoms with van der Waals surface area (Å²) in [5.74, 6) is 0.575. The van der Waals surface area contributed by atoms with Gasteiger partial charge in [-0.2, -0.15) is 9.61 Å². The third-order valence-corrected chi connectivity index (χ3v) is 4.08. The van der Waals surface area contributed by atoms with E-state index in [1.54, 1.807) is 22.8 Å².